The van der Waals surface area contributed by atoms with E-state index in [9.17, 15) is 8.42 Å². The van der Waals surface area contributed by atoms with Crippen LogP contribution < -0.4 is 0 Å². The molecule has 0 aliphatic heterocycles. The van der Waals surface area contributed by atoms with Crippen molar-refractivity contribution in [1.82, 2.24) is 14.8 Å². The number of aromatic nitrogens is 3. The Labute approximate surface area is 126 Å². The van der Waals surface area contributed by atoms with Gasteiger partial charge in [0.05, 0.1) is 24.8 Å². The Balaban J connectivity index is 2.58. The van der Waals surface area contributed by atoms with Crippen molar-refractivity contribution < 1.29 is 13.2 Å². The first-order valence-electron chi connectivity index (χ1n) is 5.84. The highest BCUT2D eigenvalue weighted by atomic mass is 35.7. The predicted octanol–water partition coefficient (Wildman–Crippen LogP) is 1.39. The lowest BCUT2D eigenvalue weighted by Gasteiger charge is -2.08. The molecule has 7 nitrogen and oxygen atoms in total. The molecule has 0 amide bonds. The second kappa shape index (κ2) is 6.22. The lowest BCUT2D eigenvalue weighted by Crippen LogP contribution is -2.11. The Kier molecular flexibility index (Phi) is 4.57. The second-order valence-electron chi connectivity index (χ2n) is 4.08. The topological polar surface area (TPSA) is 97.9 Å². The highest BCUT2D eigenvalue weighted by Crippen LogP contribution is 2.23. The molecule has 1 heterocycles. The largest absolute Gasteiger partial charge is 0.383 e. The highest BCUT2D eigenvalue weighted by Gasteiger charge is 2.23. The van der Waals surface area contributed by atoms with Crippen molar-refractivity contribution in [3.8, 4) is 17.5 Å². The fourth-order valence-corrected chi connectivity index (χ4v) is 2.72. The number of ether oxygens (including phenoxy) is 1. The Hall–Kier alpha value is -1.95. The van der Waals surface area contributed by atoms with E-state index >= 15 is 0 Å². The molecule has 0 N–H and O–H groups in total. The van der Waals surface area contributed by atoms with Crippen molar-refractivity contribution >= 4 is 19.7 Å². The number of nitriles is 1. The van der Waals surface area contributed by atoms with Gasteiger partial charge >= 0.3 is 0 Å². The summed E-state index contributed by atoms with van der Waals surface area (Å²) in [6, 6.07) is 8.63. The average molecular weight is 327 g/mol. The molecule has 0 atom stereocenters. The van der Waals surface area contributed by atoms with E-state index in [1.807, 2.05) is 6.07 Å². The molecule has 0 bridgehead atoms. The summed E-state index contributed by atoms with van der Waals surface area (Å²) in [5, 5.41) is 16.1. The normalized spacial score (nSPS) is 11.3. The smallest absolute Gasteiger partial charge is 0.296 e. The van der Waals surface area contributed by atoms with E-state index < -0.39 is 9.05 Å². The van der Waals surface area contributed by atoms with E-state index in [1.165, 1.54) is 11.7 Å². The molecule has 0 radical (unpaired) electrons. The van der Waals surface area contributed by atoms with Crippen LogP contribution in [0.3, 0.4) is 0 Å². The molecule has 0 spiro atoms. The van der Waals surface area contributed by atoms with Crippen LogP contribution >= 0.6 is 10.7 Å². The van der Waals surface area contributed by atoms with Crippen molar-refractivity contribution in [3.63, 3.8) is 0 Å². The van der Waals surface area contributed by atoms with Crippen LogP contribution in [0.2, 0.25) is 0 Å². The van der Waals surface area contributed by atoms with Crippen LogP contribution in [0.15, 0.2) is 29.4 Å². The molecule has 9 heteroatoms. The number of benzene rings is 1. The summed E-state index contributed by atoms with van der Waals surface area (Å²) in [5.41, 5.74) is 1.01. The molecule has 0 saturated carbocycles. The van der Waals surface area contributed by atoms with Crippen molar-refractivity contribution in [2.45, 2.75) is 11.7 Å². The van der Waals surface area contributed by atoms with Gasteiger partial charge in [-0.25, -0.2) is 8.42 Å². The van der Waals surface area contributed by atoms with Crippen molar-refractivity contribution in [2.24, 2.45) is 0 Å². The van der Waals surface area contributed by atoms with Gasteiger partial charge in [-0.3, -0.25) is 4.57 Å². The van der Waals surface area contributed by atoms with Crippen molar-refractivity contribution in [2.75, 3.05) is 13.7 Å². The van der Waals surface area contributed by atoms with Crippen molar-refractivity contribution in [3.05, 3.63) is 29.8 Å². The van der Waals surface area contributed by atoms with Gasteiger partial charge in [-0.15, -0.1) is 10.2 Å². The summed E-state index contributed by atoms with van der Waals surface area (Å²) in [4.78, 5) is 0. The highest BCUT2D eigenvalue weighted by molar-refractivity contribution is 8.13. The first-order valence-corrected chi connectivity index (χ1v) is 8.15. The van der Waals surface area contributed by atoms with Gasteiger partial charge < -0.3 is 4.74 Å². The number of hydrogen-bond donors (Lipinski definition) is 0. The third-order valence-electron chi connectivity index (χ3n) is 2.70. The molecule has 110 valence electrons. The van der Waals surface area contributed by atoms with Crippen LogP contribution in [0.1, 0.15) is 5.56 Å². The molecule has 0 fully saturated rings. The van der Waals surface area contributed by atoms with Gasteiger partial charge in [0.25, 0.3) is 14.2 Å². The number of halogens is 1. The van der Waals surface area contributed by atoms with Gasteiger partial charge in [0.1, 0.15) is 0 Å². The summed E-state index contributed by atoms with van der Waals surface area (Å²) in [5.74, 6) is 0.309. The summed E-state index contributed by atoms with van der Waals surface area (Å²) in [7, 11) is 2.83. The van der Waals surface area contributed by atoms with Crippen LogP contribution in [0, 0.1) is 11.3 Å². The summed E-state index contributed by atoms with van der Waals surface area (Å²) < 4.78 is 29.4. The average Bonchev–Trinajstić information content (AvgIpc) is 2.89. The number of rotatable bonds is 5. The van der Waals surface area contributed by atoms with Gasteiger partial charge in [-0.05, 0) is 12.1 Å². The van der Waals surface area contributed by atoms with Crippen LogP contribution in [0.4, 0.5) is 0 Å². The zero-order valence-corrected chi connectivity index (χ0v) is 12.6. The fraction of sp³-hybridized carbons (Fsp3) is 0.250. The lowest BCUT2D eigenvalue weighted by atomic mass is 10.1. The number of nitrogens with zero attached hydrogens (tertiary/aromatic N) is 4. The first kappa shape index (κ1) is 15.4. The molecular weight excluding hydrogens is 316 g/mol. The van der Waals surface area contributed by atoms with E-state index in [2.05, 4.69) is 10.2 Å². The van der Waals surface area contributed by atoms with E-state index in [0.717, 1.165) is 0 Å². The Morgan fingerprint density at radius 1 is 1.43 bits per heavy atom. The zero-order chi connectivity index (χ0) is 15.5. The van der Waals surface area contributed by atoms with E-state index in [-0.39, 0.29) is 18.3 Å². The van der Waals surface area contributed by atoms with Gasteiger partial charge in [0, 0.05) is 23.4 Å². The first-order chi connectivity index (χ1) is 9.97. The van der Waals surface area contributed by atoms with Crippen molar-refractivity contribution in [1.29, 1.82) is 5.26 Å². The van der Waals surface area contributed by atoms with Gasteiger partial charge in [0.2, 0.25) is 0 Å². The molecule has 21 heavy (non-hydrogen) atoms. The molecule has 0 saturated heterocycles. The van der Waals surface area contributed by atoms with Crippen LogP contribution in [0.25, 0.3) is 11.4 Å². The Morgan fingerprint density at radius 3 is 2.81 bits per heavy atom. The number of hydrogen-bond acceptors (Lipinski definition) is 6. The molecule has 1 aromatic heterocycles. The van der Waals surface area contributed by atoms with Crippen LogP contribution in [-0.2, 0) is 20.3 Å². The fourth-order valence-electron chi connectivity index (χ4n) is 1.79. The van der Waals surface area contributed by atoms with Gasteiger partial charge in [-0.1, -0.05) is 12.1 Å². The lowest BCUT2D eigenvalue weighted by molar-refractivity contribution is 0.185. The minimum Gasteiger partial charge on any atom is -0.383 e. The molecular formula is C12H11ClN4O3S. The number of methoxy groups -OCH3 is 1. The Morgan fingerprint density at radius 2 is 2.19 bits per heavy atom. The minimum atomic E-state index is -4.03. The summed E-state index contributed by atoms with van der Waals surface area (Å²) in [6.07, 6.45) is 0. The molecule has 2 aromatic rings. The van der Waals surface area contributed by atoms with Crippen LogP contribution in [-0.4, -0.2) is 36.9 Å². The zero-order valence-electron chi connectivity index (χ0n) is 11.0. The Bertz CT molecular complexity index is 795. The van der Waals surface area contributed by atoms with Gasteiger partial charge in [-0.2, -0.15) is 5.26 Å². The van der Waals surface area contributed by atoms with Gasteiger partial charge in [0.15, 0.2) is 5.82 Å². The molecule has 0 unspecified atom stereocenters. The maximum atomic E-state index is 11.5. The van der Waals surface area contributed by atoms with E-state index in [0.29, 0.717) is 17.0 Å². The third-order valence-corrected chi connectivity index (χ3v) is 3.86. The monoisotopic (exact) mass is 326 g/mol. The summed E-state index contributed by atoms with van der Waals surface area (Å²) >= 11 is 0. The predicted molar refractivity (Wildman–Crippen MR) is 75.1 cm³/mol. The summed E-state index contributed by atoms with van der Waals surface area (Å²) in [6.45, 7) is 0.485. The second-order valence-corrected chi connectivity index (χ2v) is 6.54. The molecule has 0 aliphatic rings. The van der Waals surface area contributed by atoms with E-state index in [4.69, 9.17) is 20.7 Å². The molecule has 1 aromatic carbocycles. The maximum absolute atomic E-state index is 11.5. The molecule has 0 aliphatic carbocycles. The maximum Gasteiger partial charge on any atom is 0.296 e. The third kappa shape index (κ3) is 3.39. The standard InChI is InChI=1S/C12H11ClN4O3S/c1-20-6-5-17-11(15-16-12(17)21(13,18)19)10-4-2-3-9(7-10)8-14/h2-4,7H,5-6H2,1H3. The van der Waals surface area contributed by atoms with E-state index in [1.54, 1.807) is 24.3 Å². The molecule has 2 rings (SSSR count). The quantitative estimate of drug-likeness (QED) is 0.770. The van der Waals surface area contributed by atoms with Crippen LogP contribution in [0.5, 0.6) is 0 Å². The minimum absolute atomic E-state index is 0.219. The SMILES string of the molecule is COCCn1c(-c2cccc(C#N)c2)nnc1S(=O)(=O)Cl.